The lowest BCUT2D eigenvalue weighted by Crippen LogP contribution is -2.33. The van der Waals surface area contributed by atoms with Crippen LogP contribution >= 0.6 is 11.3 Å². The van der Waals surface area contributed by atoms with Gasteiger partial charge < -0.3 is 10.6 Å². The zero-order valence-corrected chi connectivity index (χ0v) is 11.3. The number of nitrogens with two attached hydrogens (primary N) is 1. The molecular formula is C12H18N4OS. The summed E-state index contributed by atoms with van der Waals surface area (Å²) in [5, 5.41) is 8.25. The fraction of sp³-hybridized carbons (Fsp3) is 0.750. The molecule has 18 heavy (non-hydrogen) atoms. The van der Waals surface area contributed by atoms with Crippen molar-refractivity contribution in [3.05, 3.63) is 5.01 Å². The second kappa shape index (κ2) is 4.50. The number of rotatable bonds is 3. The van der Waals surface area contributed by atoms with Crippen LogP contribution in [0.25, 0.3) is 0 Å². The van der Waals surface area contributed by atoms with Gasteiger partial charge in [0.2, 0.25) is 10.1 Å². The molecule has 1 aromatic rings. The van der Waals surface area contributed by atoms with E-state index in [9.17, 15) is 4.79 Å². The number of nitrogens with zero attached hydrogens (tertiary/aromatic N) is 3. The van der Waals surface area contributed by atoms with Crippen molar-refractivity contribution < 1.29 is 4.79 Å². The number of anilines is 1. The fourth-order valence-corrected chi connectivity index (χ4v) is 4.12. The summed E-state index contributed by atoms with van der Waals surface area (Å²) in [6.07, 6.45) is 5.41. The Balaban J connectivity index is 1.61. The van der Waals surface area contributed by atoms with Gasteiger partial charge in [0.05, 0.1) is 0 Å². The minimum absolute atomic E-state index is 0.0491. The van der Waals surface area contributed by atoms with E-state index in [4.69, 9.17) is 5.73 Å². The van der Waals surface area contributed by atoms with Crippen molar-refractivity contribution in [3.8, 4) is 0 Å². The smallest absolute Gasteiger partial charge is 0.284 e. The maximum absolute atomic E-state index is 12.1. The van der Waals surface area contributed by atoms with E-state index in [0.29, 0.717) is 16.1 Å². The van der Waals surface area contributed by atoms with Crippen molar-refractivity contribution in [3.63, 3.8) is 0 Å². The van der Waals surface area contributed by atoms with E-state index in [1.165, 1.54) is 25.7 Å². The van der Waals surface area contributed by atoms with Gasteiger partial charge in [-0.15, -0.1) is 10.2 Å². The summed E-state index contributed by atoms with van der Waals surface area (Å²) in [4.78, 5) is 13.9. The highest BCUT2D eigenvalue weighted by Crippen LogP contribution is 2.48. The summed E-state index contributed by atoms with van der Waals surface area (Å²) in [5.74, 6) is 2.39. The van der Waals surface area contributed by atoms with E-state index in [-0.39, 0.29) is 5.91 Å². The Morgan fingerprint density at radius 2 is 2.28 bits per heavy atom. The van der Waals surface area contributed by atoms with E-state index >= 15 is 0 Å². The maximum atomic E-state index is 12.1. The van der Waals surface area contributed by atoms with Crippen LogP contribution in [0.15, 0.2) is 0 Å². The van der Waals surface area contributed by atoms with Crippen molar-refractivity contribution >= 4 is 22.4 Å². The molecule has 3 rings (SSSR count). The second-order valence-electron chi connectivity index (χ2n) is 5.57. The van der Waals surface area contributed by atoms with Crippen LogP contribution in [0.5, 0.6) is 0 Å². The standard InChI is InChI=1S/C12H18N4OS/c1-16(11(17)10-14-15-12(13)18-10)6-9-5-7-2-3-8(9)4-7/h7-9H,2-6H2,1H3,(H2,13,15). The minimum atomic E-state index is -0.0491. The Morgan fingerprint density at radius 3 is 2.83 bits per heavy atom. The van der Waals surface area contributed by atoms with Gasteiger partial charge in [-0.2, -0.15) is 0 Å². The number of hydrogen-bond donors (Lipinski definition) is 1. The molecule has 2 bridgehead atoms. The number of carbonyl (C=O) groups excluding carboxylic acids is 1. The second-order valence-corrected chi connectivity index (χ2v) is 6.58. The van der Waals surface area contributed by atoms with Gasteiger partial charge in [-0.05, 0) is 37.0 Å². The van der Waals surface area contributed by atoms with E-state index in [2.05, 4.69) is 10.2 Å². The predicted octanol–water partition coefficient (Wildman–Crippen LogP) is 1.63. The Labute approximate surface area is 110 Å². The molecule has 0 aliphatic heterocycles. The number of nitrogen functional groups attached to an aromatic ring is 1. The molecular weight excluding hydrogens is 248 g/mol. The summed E-state index contributed by atoms with van der Waals surface area (Å²) in [6.45, 7) is 0.847. The minimum Gasteiger partial charge on any atom is -0.374 e. The SMILES string of the molecule is CN(CC1CC2CCC1C2)C(=O)c1nnc(N)s1. The monoisotopic (exact) mass is 266 g/mol. The van der Waals surface area contributed by atoms with Crippen molar-refractivity contribution in [1.29, 1.82) is 0 Å². The summed E-state index contributed by atoms with van der Waals surface area (Å²) in [5.41, 5.74) is 5.50. The molecule has 2 saturated carbocycles. The molecule has 3 atom stereocenters. The summed E-state index contributed by atoms with van der Waals surface area (Å²) < 4.78 is 0. The Hall–Kier alpha value is -1.17. The third kappa shape index (κ3) is 2.09. The lowest BCUT2D eigenvalue weighted by molar-refractivity contribution is 0.0753. The summed E-state index contributed by atoms with van der Waals surface area (Å²) >= 11 is 1.16. The van der Waals surface area contributed by atoms with Crippen LogP contribution in [-0.4, -0.2) is 34.6 Å². The van der Waals surface area contributed by atoms with Gasteiger partial charge in [0.25, 0.3) is 5.91 Å². The third-order valence-corrected chi connectivity index (χ3v) is 5.10. The molecule has 1 aromatic heterocycles. The summed E-state index contributed by atoms with van der Waals surface area (Å²) in [6, 6.07) is 0. The molecule has 1 heterocycles. The van der Waals surface area contributed by atoms with E-state index < -0.39 is 0 Å². The maximum Gasteiger partial charge on any atom is 0.284 e. The Bertz CT molecular complexity index is 461. The third-order valence-electron chi connectivity index (χ3n) is 4.36. The van der Waals surface area contributed by atoms with Crippen LogP contribution < -0.4 is 5.73 Å². The van der Waals surface area contributed by atoms with Crippen LogP contribution in [0.3, 0.4) is 0 Å². The van der Waals surface area contributed by atoms with Crippen LogP contribution in [-0.2, 0) is 0 Å². The molecule has 6 heteroatoms. The largest absolute Gasteiger partial charge is 0.374 e. The van der Waals surface area contributed by atoms with Gasteiger partial charge in [-0.25, -0.2) is 0 Å². The fourth-order valence-electron chi connectivity index (χ4n) is 3.52. The Kier molecular flexibility index (Phi) is 2.97. The van der Waals surface area contributed by atoms with Crippen molar-refractivity contribution in [2.45, 2.75) is 25.7 Å². The molecule has 0 aromatic carbocycles. The quantitative estimate of drug-likeness (QED) is 0.902. The van der Waals surface area contributed by atoms with Gasteiger partial charge in [0.1, 0.15) is 0 Å². The number of hydrogen-bond acceptors (Lipinski definition) is 5. The summed E-state index contributed by atoms with van der Waals surface area (Å²) in [7, 11) is 1.85. The highest BCUT2D eigenvalue weighted by Gasteiger charge is 2.40. The van der Waals surface area contributed by atoms with Crippen molar-refractivity contribution in [2.75, 3.05) is 19.3 Å². The first kappa shape index (κ1) is 11.9. The molecule has 0 radical (unpaired) electrons. The van der Waals surface area contributed by atoms with Crippen LogP contribution in [0.4, 0.5) is 5.13 Å². The highest BCUT2D eigenvalue weighted by atomic mass is 32.1. The van der Waals surface area contributed by atoms with Gasteiger partial charge in [0.15, 0.2) is 0 Å². The van der Waals surface area contributed by atoms with Gasteiger partial charge in [-0.3, -0.25) is 4.79 Å². The zero-order valence-electron chi connectivity index (χ0n) is 10.5. The normalized spacial score (nSPS) is 29.7. The van der Waals surface area contributed by atoms with Crippen LogP contribution in [0, 0.1) is 17.8 Å². The van der Waals surface area contributed by atoms with E-state index in [1.54, 1.807) is 4.90 Å². The van der Waals surface area contributed by atoms with Crippen molar-refractivity contribution in [2.24, 2.45) is 17.8 Å². The first-order valence-corrected chi connectivity index (χ1v) is 7.29. The average Bonchev–Trinajstić information content (AvgIpc) is 3.03. The molecule has 2 aliphatic rings. The zero-order chi connectivity index (χ0) is 12.7. The lowest BCUT2D eigenvalue weighted by Gasteiger charge is -2.26. The predicted molar refractivity (Wildman–Crippen MR) is 70.2 cm³/mol. The van der Waals surface area contributed by atoms with Crippen LogP contribution in [0.1, 0.15) is 35.5 Å². The van der Waals surface area contributed by atoms with Gasteiger partial charge in [0, 0.05) is 13.6 Å². The average molecular weight is 266 g/mol. The molecule has 3 unspecified atom stereocenters. The number of carbonyl (C=O) groups is 1. The molecule has 5 nitrogen and oxygen atoms in total. The number of aromatic nitrogens is 2. The van der Waals surface area contributed by atoms with E-state index in [1.807, 2.05) is 7.05 Å². The topological polar surface area (TPSA) is 72.1 Å². The van der Waals surface area contributed by atoms with Crippen molar-refractivity contribution in [1.82, 2.24) is 15.1 Å². The highest BCUT2D eigenvalue weighted by molar-refractivity contribution is 7.16. The number of fused-ring (bicyclic) bond motifs is 2. The molecule has 0 saturated heterocycles. The van der Waals surface area contributed by atoms with Gasteiger partial charge in [-0.1, -0.05) is 17.8 Å². The molecule has 2 aliphatic carbocycles. The Morgan fingerprint density at radius 1 is 1.44 bits per heavy atom. The van der Waals surface area contributed by atoms with Gasteiger partial charge >= 0.3 is 0 Å². The van der Waals surface area contributed by atoms with E-state index in [0.717, 1.165) is 29.7 Å². The molecule has 0 spiro atoms. The molecule has 2 fully saturated rings. The molecule has 1 amide bonds. The van der Waals surface area contributed by atoms with Crippen LogP contribution in [0.2, 0.25) is 0 Å². The first-order valence-electron chi connectivity index (χ1n) is 6.48. The number of amides is 1. The lowest BCUT2D eigenvalue weighted by atomic mass is 9.88. The molecule has 2 N–H and O–H groups in total. The molecule has 98 valence electrons. The first-order chi connectivity index (χ1) is 8.63.